The van der Waals surface area contributed by atoms with E-state index in [1.54, 1.807) is 0 Å². The topological polar surface area (TPSA) is 89.0 Å². The molecule has 128 valence electrons. The van der Waals surface area contributed by atoms with Gasteiger partial charge in [0, 0.05) is 17.8 Å². The summed E-state index contributed by atoms with van der Waals surface area (Å²) in [6.07, 6.45) is 1.19. The lowest BCUT2D eigenvalue weighted by molar-refractivity contribution is -0.115. The third kappa shape index (κ3) is 4.49. The summed E-state index contributed by atoms with van der Waals surface area (Å²) in [5, 5.41) is 2.47. The first-order valence-electron chi connectivity index (χ1n) is 7.40. The first-order chi connectivity index (χ1) is 11.9. The van der Waals surface area contributed by atoms with Crippen molar-refractivity contribution in [2.24, 2.45) is 0 Å². The van der Waals surface area contributed by atoms with Gasteiger partial charge in [0.25, 0.3) is 5.16 Å². The van der Waals surface area contributed by atoms with Gasteiger partial charge in [-0.15, -0.1) is 0 Å². The summed E-state index contributed by atoms with van der Waals surface area (Å²) in [4.78, 5) is 15.9. The lowest BCUT2D eigenvalue weighted by Gasteiger charge is -2.04. The number of aromatic nitrogens is 2. The van der Waals surface area contributed by atoms with Crippen molar-refractivity contribution in [3.63, 3.8) is 0 Å². The molecule has 25 heavy (non-hydrogen) atoms. The van der Waals surface area contributed by atoms with Crippen molar-refractivity contribution in [3.8, 4) is 11.1 Å². The molecule has 0 atom stereocenters. The number of anilines is 1. The minimum Gasteiger partial charge on any atom is -0.300 e. The van der Waals surface area contributed by atoms with Gasteiger partial charge in [-0.05, 0) is 16.7 Å². The van der Waals surface area contributed by atoms with Crippen LogP contribution in [0.3, 0.4) is 0 Å². The van der Waals surface area contributed by atoms with Gasteiger partial charge in [-0.25, -0.2) is 8.42 Å². The zero-order chi connectivity index (χ0) is 17.9. The first-order valence-corrected chi connectivity index (χ1v) is 10.1. The molecule has 0 aliphatic carbocycles. The Morgan fingerprint density at radius 3 is 2.28 bits per heavy atom. The van der Waals surface area contributed by atoms with Gasteiger partial charge in [-0.1, -0.05) is 54.6 Å². The largest absolute Gasteiger partial charge is 0.300 e. The molecule has 3 rings (SSSR count). The number of hydrogen-bond donors (Lipinski definition) is 1. The molecule has 0 fully saturated rings. The highest BCUT2D eigenvalue weighted by Crippen LogP contribution is 2.20. The van der Waals surface area contributed by atoms with Crippen LogP contribution in [0.5, 0.6) is 0 Å². The summed E-state index contributed by atoms with van der Waals surface area (Å²) in [6, 6.07) is 17.7. The number of benzene rings is 2. The van der Waals surface area contributed by atoms with Gasteiger partial charge in [-0.3, -0.25) is 4.79 Å². The van der Waals surface area contributed by atoms with Crippen LogP contribution < -0.4 is 5.32 Å². The van der Waals surface area contributed by atoms with E-state index in [1.807, 2.05) is 54.6 Å². The molecule has 0 radical (unpaired) electrons. The quantitative estimate of drug-likeness (QED) is 0.743. The second-order valence-corrected chi connectivity index (χ2v) is 8.10. The number of sulfone groups is 1. The van der Waals surface area contributed by atoms with Gasteiger partial charge >= 0.3 is 0 Å². The van der Waals surface area contributed by atoms with Crippen LogP contribution in [0, 0.1) is 0 Å². The van der Waals surface area contributed by atoms with Crippen molar-refractivity contribution in [1.82, 2.24) is 9.36 Å². The van der Waals surface area contributed by atoms with Crippen molar-refractivity contribution in [2.75, 3.05) is 11.6 Å². The number of rotatable bonds is 5. The SMILES string of the molecule is CS(=O)(=O)c1nsc(NC(=O)Cc2ccc(-c3ccccc3)cc2)n1. The molecule has 1 aromatic heterocycles. The molecule has 8 heteroatoms. The van der Waals surface area contributed by atoms with Crippen LogP contribution in [0.4, 0.5) is 5.13 Å². The van der Waals surface area contributed by atoms with Gasteiger partial charge in [0.05, 0.1) is 6.42 Å². The number of carbonyl (C=O) groups excluding carboxylic acids is 1. The Morgan fingerprint density at radius 1 is 1.04 bits per heavy atom. The zero-order valence-corrected chi connectivity index (χ0v) is 15.0. The summed E-state index contributed by atoms with van der Waals surface area (Å²) in [5.41, 5.74) is 3.04. The van der Waals surface area contributed by atoms with Crippen molar-refractivity contribution < 1.29 is 13.2 Å². The van der Waals surface area contributed by atoms with Gasteiger partial charge in [0.15, 0.2) is 0 Å². The maximum atomic E-state index is 12.1. The van der Waals surface area contributed by atoms with Crippen molar-refractivity contribution in [3.05, 3.63) is 60.2 Å². The Kier molecular flexibility index (Phi) is 4.91. The monoisotopic (exact) mass is 373 g/mol. The second kappa shape index (κ2) is 7.12. The van der Waals surface area contributed by atoms with Crippen LogP contribution in [0.15, 0.2) is 59.8 Å². The fraction of sp³-hybridized carbons (Fsp3) is 0.118. The van der Waals surface area contributed by atoms with E-state index in [0.717, 1.165) is 34.5 Å². The molecule has 0 unspecified atom stereocenters. The van der Waals surface area contributed by atoms with E-state index in [2.05, 4.69) is 14.7 Å². The maximum Gasteiger partial charge on any atom is 0.260 e. The van der Waals surface area contributed by atoms with E-state index in [4.69, 9.17) is 0 Å². The number of hydrogen-bond acceptors (Lipinski definition) is 6. The van der Waals surface area contributed by atoms with E-state index in [-0.39, 0.29) is 22.6 Å². The molecule has 2 aromatic carbocycles. The molecule has 0 aliphatic heterocycles. The molecule has 0 bridgehead atoms. The van der Waals surface area contributed by atoms with Crippen LogP contribution >= 0.6 is 11.5 Å². The Bertz CT molecular complexity index is 981. The van der Waals surface area contributed by atoms with Crippen molar-refractivity contribution >= 4 is 32.4 Å². The molecule has 0 aliphatic rings. The Morgan fingerprint density at radius 2 is 1.68 bits per heavy atom. The number of nitrogens with zero attached hydrogens (tertiary/aromatic N) is 2. The molecular weight excluding hydrogens is 358 g/mol. The van der Waals surface area contributed by atoms with E-state index >= 15 is 0 Å². The summed E-state index contributed by atoms with van der Waals surface area (Å²) in [7, 11) is -3.47. The molecule has 1 heterocycles. The number of amides is 1. The van der Waals surface area contributed by atoms with Gasteiger partial charge < -0.3 is 5.32 Å². The third-order valence-corrected chi connectivity index (χ3v) is 5.00. The average molecular weight is 373 g/mol. The summed E-state index contributed by atoms with van der Waals surface area (Å²) < 4.78 is 26.4. The molecule has 6 nitrogen and oxygen atoms in total. The van der Waals surface area contributed by atoms with Crippen molar-refractivity contribution in [2.45, 2.75) is 11.6 Å². The third-order valence-electron chi connectivity index (χ3n) is 3.41. The van der Waals surface area contributed by atoms with Crippen molar-refractivity contribution in [1.29, 1.82) is 0 Å². The van der Waals surface area contributed by atoms with Crippen LogP contribution in [-0.2, 0) is 21.1 Å². The first kappa shape index (κ1) is 17.2. The Hall–Kier alpha value is -2.58. The van der Waals surface area contributed by atoms with E-state index in [9.17, 15) is 13.2 Å². The van der Waals surface area contributed by atoms with E-state index < -0.39 is 9.84 Å². The Balaban J connectivity index is 1.64. The lowest BCUT2D eigenvalue weighted by Crippen LogP contribution is -2.14. The van der Waals surface area contributed by atoms with Gasteiger partial charge in [0.1, 0.15) is 0 Å². The molecule has 0 saturated heterocycles. The standard InChI is InChI=1S/C17H15N3O3S2/c1-25(22,23)17-19-16(24-20-17)18-15(21)11-12-7-9-14(10-8-12)13-5-3-2-4-6-13/h2-10H,11H2,1H3,(H,18,19,20,21). The number of carbonyl (C=O) groups is 1. The minimum absolute atomic E-state index is 0.170. The summed E-state index contributed by atoms with van der Waals surface area (Å²) in [6.45, 7) is 0. The van der Waals surface area contributed by atoms with E-state index in [1.165, 1.54) is 0 Å². The predicted octanol–water partition coefficient (Wildman–Crippen LogP) is 2.79. The molecule has 1 N–H and O–H groups in total. The Labute approximate surface area is 149 Å². The van der Waals surface area contributed by atoms with E-state index in [0.29, 0.717) is 0 Å². The fourth-order valence-electron chi connectivity index (χ4n) is 2.21. The predicted molar refractivity (Wildman–Crippen MR) is 97.2 cm³/mol. The highest BCUT2D eigenvalue weighted by atomic mass is 32.2. The number of nitrogens with one attached hydrogen (secondary N) is 1. The van der Waals surface area contributed by atoms with Crippen LogP contribution in [0.25, 0.3) is 11.1 Å². The maximum absolute atomic E-state index is 12.1. The normalized spacial score (nSPS) is 11.2. The molecule has 0 spiro atoms. The van der Waals surface area contributed by atoms with Gasteiger partial charge in [0.2, 0.25) is 20.9 Å². The molecule has 0 saturated carbocycles. The summed E-state index contributed by atoms with van der Waals surface area (Å²) >= 11 is 0.843. The second-order valence-electron chi connectivity index (χ2n) is 5.44. The molecule has 1 amide bonds. The highest BCUT2D eigenvalue weighted by Gasteiger charge is 2.15. The highest BCUT2D eigenvalue weighted by molar-refractivity contribution is 7.90. The average Bonchev–Trinajstić information content (AvgIpc) is 3.05. The minimum atomic E-state index is -3.47. The summed E-state index contributed by atoms with van der Waals surface area (Å²) in [5.74, 6) is -0.274. The molecular formula is C17H15N3O3S2. The smallest absolute Gasteiger partial charge is 0.260 e. The van der Waals surface area contributed by atoms with Crippen LogP contribution in [0.1, 0.15) is 5.56 Å². The fourth-order valence-corrected chi connectivity index (χ4v) is 3.67. The zero-order valence-electron chi connectivity index (χ0n) is 13.3. The van der Waals surface area contributed by atoms with Crippen LogP contribution in [0.2, 0.25) is 0 Å². The lowest BCUT2D eigenvalue weighted by atomic mass is 10.0. The molecule has 3 aromatic rings. The van der Waals surface area contributed by atoms with Crippen LogP contribution in [-0.4, -0.2) is 29.9 Å². The van der Waals surface area contributed by atoms with Gasteiger partial charge in [-0.2, -0.15) is 9.36 Å².